The number of carbonyl (C=O) groups excluding carboxylic acids is 1. The zero-order valence-corrected chi connectivity index (χ0v) is 12.3. The Bertz CT molecular complexity index is 511. The molecule has 0 aromatic heterocycles. The van der Waals surface area contributed by atoms with Gasteiger partial charge in [0.25, 0.3) is 5.91 Å². The first-order valence-corrected chi connectivity index (χ1v) is 7.74. The first kappa shape index (κ1) is 14.1. The summed E-state index contributed by atoms with van der Waals surface area (Å²) in [5.74, 6) is 0.722. The van der Waals surface area contributed by atoms with Crippen LogP contribution < -0.4 is 10.6 Å². The fourth-order valence-corrected chi connectivity index (χ4v) is 3.34. The van der Waals surface area contributed by atoms with Crippen LogP contribution in [0.2, 0.25) is 0 Å². The van der Waals surface area contributed by atoms with Crippen molar-refractivity contribution in [2.45, 2.75) is 18.9 Å². The molecular formula is C17H23N3O. The van der Waals surface area contributed by atoms with Gasteiger partial charge in [0.2, 0.25) is 0 Å². The number of hydrogen-bond donors (Lipinski definition) is 2. The molecule has 4 nitrogen and oxygen atoms in total. The second kappa shape index (κ2) is 6.31. The molecule has 0 spiro atoms. The molecule has 1 amide bonds. The van der Waals surface area contributed by atoms with E-state index in [0.29, 0.717) is 18.2 Å². The minimum atomic E-state index is -0.0504. The third-order valence-corrected chi connectivity index (χ3v) is 4.54. The van der Waals surface area contributed by atoms with Crippen molar-refractivity contribution in [2.24, 2.45) is 5.92 Å². The lowest BCUT2D eigenvalue weighted by molar-refractivity contribution is 0.0958. The normalized spacial score (nSPS) is 27.1. The second-order valence-corrected chi connectivity index (χ2v) is 5.96. The molecule has 3 unspecified atom stereocenters. The van der Waals surface area contributed by atoms with Gasteiger partial charge in [0.15, 0.2) is 0 Å². The summed E-state index contributed by atoms with van der Waals surface area (Å²) >= 11 is 0. The predicted octanol–water partition coefficient (Wildman–Crippen LogP) is 2.11. The first-order chi connectivity index (χ1) is 10.3. The highest BCUT2D eigenvalue weighted by molar-refractivity contribution is 5.94. The number of fused-ring (bicyclic) bond motifs is 2. The fraction of sp³-hybridized carbons (Fsp3) is 0.471. The number of piperidine rings is 1. The number of rotatable bonds is 5. The molecule has 2 heterocycles. The van der Waals surface area contributed by atoms with Crippen molar-refractivity contribution < 1.29 is 4.79 Å². The lowest BCUT2D eigenvalue weighted by atomic mass is 9.94. The summed E-state index contributed by atoms with van der Waals surface area (Å²) < 4.78 is 0. The smallest absolute Gasteiger partial charge is 0.251 e. The van der Waals surface area contributed by atoms with Gasteiger partial charge in [0.05, 0.1) is 0 Å². The maximum atomic E-state index is 11.8. The first-order valence-electron chi connectivity index (χ1n) is 7.74. The number of amides is 1. The SMILES string of the molecule is C=CCNC(=O)c1ccc(NC2CCN3CCC2C3)cc1. The van der Waals surface area contributed by atoms with Crippen molar-refractivity contribution in [1.82, 2.24) is 10.2 Å². The Balaban J connectivity index is 1.59. The molecule has 4 heteroatoms. The Labute approximate surface area is 126 Å². The fourth-order valence-electron chi connectivity index (χ4n) is 3.34. The maximum Gasteiger partial charge on any atom is 0.251 e. The van der Waals surface area contributed by atoms with Gasteiger partial charge in [-0.25, -0.2) is 0 Å². The summed E-state index contributed by atoms with van der Waals surface area (Å²) in [6, 6.07) is 8.34. The number of anilines is 1. The van der Waals surface area contributed by atoms with E-state index in [2.05, 4.69) is 22.1 Å². The summed E-state index contributed by atoms with van der Waals surface area (Å²) in [4.78, 5) is 14.4. The summed E-state index contributed by atoms with van der Waals surface area (Å²) in [5.41, 5.74) is 1.80. The van der Waals surface area contributed by atoms with Crippen LogP contribution in [0.15, 0.2) is 36.9 Å². The molecule has 1 aromatic carbocycles. The van der Waals surface area contributed by atoms with E-state index in [0.717, 1.165) is 11.6 Å². The van der Waals surface area contributed by atoms with Gasteiger partial charge in [0, 0.05) is 36.9 Å². The molecular weight excluding hydrogens is 262 g/mol. The molecule has 0 aliphatic carbocycles. The molecule has 2 saturated heterocycles. The van der Waals surface area contributed by atoms with E-state index in [1.165, 1.54) is 32.5 Å². The molecule has 21 heavy (non-hydrogen) atoms. The Hall–Kier alpha value is -1.81. The van der Waals surface area contributed by atoms with Crippen molar-refractivity contribution >= 4 is 11.6 Å². The van der Waals surface area contributed by atoms with Crippen LogP contribution >= 0.6 is 0 Å². The van der Waals surface area contributed by atoms with E-state index in [1.54, 1.807) is 6.08 Å². The van der Waals surface area contributed by atoms with E-state index in [1.807, 2.05) is 24.3 Å². The molecule has 2 N–H and O–H groups in total. The molecule has 2 aliphatic heterocycles. The van der Waals surface area contributed by atoms with Crippen LogP contribution in [0.4, 0.5) is 5.69 Å². The minimum absolute atomic E-state index is 0.0504. The van der Waals surface area contributed by atoms with Gasteiger partial charge in [-0.05, 0) is 49.6 Å². The van der Waals surface area contributed by atoms with Gasteiger partial charge in [-0.3, -0.25) is 4.79 Å². The molecule has 1 aromatic rings. The molecule has 0 radical (unpaired) electrons. The average molecular weight is 285 g/mol. The summed E-state index contributed by atoms with van der Waals surface area (Å²) in [6.45, 7) is 7.79. The van der Waals surface area contributed by atoms with E-state index >= 15 is 0 Å². The maximum absolute atomic E-state index is 11.8. The Morgan fingerprint density at radius 3 is 2.81 bits per heavy atom. The van der Waals surface area contributed by atoms with Crippen LogP contribution in [0.3, 0.4) is 0 Å². The van der Waals surface area contributed by atoms with Crippen LogP contribution in [0.5, 0.6) is 0 Å². The Kier molecular flexibility index (Phi) is 4.25. The number of nitrogens with zero attached hydrogens (tertiary/aromatic N) is 1. The van der Waals surface area contributed by atoms with Gasteiger partial charge in [-0.2, -0.15) is 0 Å². The lowest BCUT2D eigenvalue weighted by Gasteiger charge is -2.31. The Morgan fingerprint density at radius 2 is 2.05 bits per heavy atom. The van der Waals surface area contributed by atoms with Crippen LogP contribution in [0, 0.1) is 5.92 Å². The van der Waals surface area contributed by atoms with E-state index in [-0.39, 0.29) is 5.91 Å². The topological polar surface area (TPSA) is 44.4 Å². The van der Waals surface area contributed by atoms with Crippen molar-refractivity contribution in [3.63, 3.8) is 0 Å². The highest BCUT2D eigenvalue weighted by Gasteiger charge is 2.33. The zero-order valence-electron chi connectivity index (χ0n) is 12.3. The van der Waals surface area contributed by atoms with Gasteiger partial charge < -0.3 is 15.5 Å². The van der Waals surface area contributed by atoms with E-state index in [9.17, 15) is 4.79 Å². The van der Waals surface area contributed by atoms with E-state index < -0.39 is 0 Å². The molecule has 0 saturated carbocycles. The highest BCUT2D eigenvalue weighted by Crippen LogP contribution is 2.29. The monoisotopic (exact) mass is 285 g/mol. The third-order valence-electron chi connectivity index (χ3n) is 4.54. The number of hydrogen-bond acceptors (Lipinski definition) is 3. The number of benzene rings is 1. The van der Waals surface area contributed by atoms with Crippen molar-refractivity contribution in [1.29, 1.82) is 0 Å². The molecule has 3 rings (SSSR count). The second-order valence-electron chi connectivity index (χ2n) is 5.96. The van der Waals surface area contributed by atoms with Gasteiger partial charge in [-0.1, -0.05) is 6.08 Å². The third kappa shape index (κ3) is 3.27. The molecule has 2 aliphatic rings. The summed E-state index contributed by atoms with van der Waals surface area (Å²) in [5, 5.41) is 6.43. The quantitative estimate of drug-likeness (QED) is 0.814. The van der Waals surface area contributed by atoms with Crippen molar-refractivity contribution in [3.05, 3.63) is 42.5 Å². The highest BCUT2D eigenvalue weighted by atomic mass is 16.1. The van der Waals surface area contributed by atoms with Crippen LogP contribution in [-0.4, -0.2) is 43.0 Å². The van der Waals surface area contributed by atoms with Crippen LogP contribution in [-0.2, 0) is 0 Å². The van der Waals surface area contributed by atoms with Crippen molar-refractivity contribution in [2.75, 3.05) is 31.5 Å². The molecule has 2 fully saturated rings. The number of nitrogens with one attached hydrogen (secondary N) is 2. The van der Waals surface area contributed by atoms with E-state index in [4.69, 9.17) is 0 Å². The molecule has 2 bridgehead atoms. The van der Waals surface area contributed by atoms with Gasteiger partial charge >= 0.3 is 0 Å². The van der Waals surface area contributed by atoms with Crippen LogP contribution in [0.25, 0.3) is 0 Å². The standard InChI is InChI=1S/C17H23N3O/c1-2-9-18-17(21)13-3-5-15(6-4-13)19-16-8-11-20-10-7-14(16)12-20/h2-6,14,16,19H,1,7-12H2,(H,18,21). The largest absolute Gasteiger partial charge is 0.382 e. The van der Waals surface area contributed by atoms with Gasteiger partial charge in [-0.15, -0.1) is 6.58 Å². The summed E-state index contributed by atoms with van der Waals surface area (Å²) in [6.07, 6.45) is 4.20. The summed E-state index contributed by atoms with van der Waals surface area (Å²) in [7, 11) is 0. The lowest BCUT2D eigenvalue weighted by Crippen LogP contribution is -2.39. The number of carbonyl (C=O) groups is 1. The van der Waals surface area contributed by atoms with Gasteiger partial charge in [0.1, 0.15) is 0 Å². The average Bonchev–Trinajstić information content (AvgIpc) is 2.91. The molecule has 112 valence electrons. The Morgan fingerprint density at radius 1 is 1.29 bits per heavy atom. The molecule has 3 atom stereocenters. The minimum Gasteiger partial charge on any atom is -0.382 e. The predicted molar refractivity (Wildman–Crippen MR) is 85.5 cm³/mol. The van der Waals surface area contributed by atoms with Crippen molar-refractivity contribution in [3.8, 4) is 0 Å². The zero-order chi connectivity index (χ0) is 14.7. The van der Waals surface area contributed by atoms with Crippen LogP contribution in [0.1, 0.15) is 23.2 Å².